The SMILES string of the molecule is O=C1CC(CNc2cccc(F)c2[N+](=O)[O-])CN1C1CC1. The van der Waals surface area contributed by atoms with E-state index in [0.29, 0.717) is 25.6 Å². The van der Waals surface area contributed by atoms with Gasteiger partial charge in [0.15, 0.2) is 0 Å². The molecule has 2 fully saturated rings. The van der Waals surface area contributed by atoms with Crippen LogP contribution in [0.3, 0.4) is 0 Å². The summed E-state index contributed by atoms with van der Waals surface area (Å²) in [6, 6.07) is 4.38. The summed E-state index contributed by atoms with van der Waals surface area (Å²) >= 11 is 0. The van der Waals surface area contributed by atoms with E-state index in [-0.39, 0.29) is 17.5 Å². The van der Waals surface area contributed by atoms with Crippen molar-refractivity contribution in [2.45, 2.75) is 25.3 Å². The molecule has 1 unspecified atom stereocenters. The molecule has 1 aromatic carbocycles. The zero-order valence-corrected chi connectivity index (χ0v) is 11.4. The highest BCUT2D eigenvalue weighted by Gasteiger charge is 2.39. The van der Waals surface area contributed by atoms with Crippen molar-refractivity contribution in [3.63, 3.8) is 0 Å². The zero-order valence-electron chi connectivity index (χ0n) is 11.4. The van der Waals surface area contributed by atoms with E-state index in [0.717, 1.165) is 18.9 Å². The molecule has 7 heteroatoms. The summed E-state index contributed by atoms with van der Waals surface area (Å²) in [5.41, 5.74) is -0.377. The Labute approximate surface area is 121 Å². The Morgan fingerprint density at radius 1 is 1.43 bits per heavy atom. The Morgan fingerprint density at radius 2 is 2.19 bits per heavy atom. The minimum Gasteiger partial charge on any atom is -0.379 e. The van der Waals surface area contributed by atoms with Gasteiger partial charge in [0.2, 0.25) is 11.7 Å². The number of likely N-dealkylation sites (tertiary alicyclic amines) is 1. The van der Waals surface area contributed by atoms with Gasteiger partial charge in [0.05, 0.1) is 4.92 Å². The van der Waals surface area contributed by atoms with Crippen molar-refractivity contribution in [1.82, 2.24) is 4.90 Å². The second kappa shape index (κ2) is 5.31. The third kappa shape index (κ3) is 2.81. The molecule has 0 aromatic heterocycles. The first-order chi connectivity index (χ1) is 10.1. The first-order valence-corrected chi connectivity index (χ1v) is 7.02. The standard InChI is InChI=1S/C14H16FN3O3/c15-11-2-1-3-12(14(11)18(20)21)16-7-9-6-13(19)17(8-9)10-4-5-10/h1-3,9-10,16H,4-8H2. The van der Waals surface area contributed by atoms with Gasteiger partial charge in [-0.2, -0.15) is 4.39 Å². The highest BCUT2D eigenvalue weighted by atomic mass is 19.1. The molecule has 1 aliphatic heterocycles. The van der Waals surface area contributed by atoms with E-state index in [9.17, 15) is 19.3 Å². The molecule has 0 radical (unpaired) electrons. The lowest BCUT2D eigenvalue weighted by Gasteiger charge is -2.16. The Morgan fingerprint density at radius 3 is 2.86 bits per heavy atom. The van der Waals surface area contributed by atoms with Crippen molar-refractivity contribution in [2.24, 2.45) is 5.92 Å². The molecule has 112 valence electrons. The van der Waals surface area contributed by atoms with Gasteiger partial charge in [-0.1, -0.05) is 6.07 Å². The van der Waals surface area contributed by atoms with Gasteiger partial charge in [-0.15, -0.1) is 0 Å². The number of nitrogens with zero attached hydrogens (tertiary/aromatic N) is 2. The van der Waals surface area contributed by atoms with Crippen molar-refractivity contribution < 1.29 is 14.1 Å². The van der Waals surface area contributed by atoms with Crippen LogP contribution in [-0.2, 0) is 4.79 Å². The van der Waals surface area contributed by atoms with Crippen molar-refractivity contribution in [1.29, 1.82) is 0 Å². The number of para-hydroxylation sites is 1. The monoisotopic (exact) mass is 293 g/mol. The average Bonchev–Trinajstić information content (AvgIpc) is 3.20. The number of carbonyl (C=O) groups is 1. The second-order valence-corrected chi connectivity index (χ2v) is 5.62. The van der Waals surface area contributed by atoms with E-state index in [1.54, 1.807) is 0 Å². The summed E-state index contributed by atoms with van der Waals surface area (Å²) < 4.78 is 13.5. The van der Waals surface area contributed by atoms with E-state index < -0.39 is 16.4 Å². The molecule has 1 N–H and O–H groups in total. The van der Waals surface area contributed by atoms with Crippen LogP contribution < -0.4 is 5.32 Å². The third-order valence-corrected chi connectivity index (χ3v) is 3.98. The fourth-order valence-corrected chi connectivity index (χ4v) is 2.78. The molecule has 1 heterocycles. The molecule has 6 nitrogen and oxygen atoms in total. The number of hydrogen-bond acceptors (Lipinski definition) is 4. The van der Waals surface area contributed by atoms with Crippen LogP contribution in [0, 0.1) is 21.8 Å². The predicted molar refractivity (Wildman–Crippen MR) is 74.4 cm³/mol. The lowest BCUT2D eigenvalue weighted by atomic mass is 10.1. The molecular formula is C14H16FN3O3. The fraction of sp³-hybridized carbons (Fsp3) is 0.500. The topological polar surface area (TPSA) is 75.5 Å². The molecular weight excluding hydrogens is 277 g/mol. The van der Waals surface area contributed by atoms with Crippen molar-refractivity contribution in [3.8, 4) is 0 Å². The van der Waals surface area contributed by atoms with Crippen molar-refractivity contribution in [2.75, 3.05) is 18.4 Å². The number of rotatable bonds is 5. The van der Waals surface area contributed by atoms with Crippen LogP contribution in [0.1, 0.15) is 19.3 Å². The van der Waals surface area contributed by atoms with Crippen molar-refractivity contribution in [3.05, 3.63) is 34.1 Å². The van der Waals surface area contributed by atoms with E-state index >= 15 is 0 Å². The number of nitro groups is 1. The minimum atomic E-state index is -0.855. The summed E-state index contributed by atoms with van der Waals surface area (Å²) in [6.07, 6.45) is 2.59. The van der Waals surface area contributed by atoms with Crippen LogP contribution >= 0.6 is 0 Å². The Kier molecular flexibility index (Phi) is 3.48. The van der Waals surface area contributed by atoms with Crippen LogP contribution in [0.2, 0.25) is 0 Å². The Bertz CT molecular complexity index is 589. The normalized spacial score (nSPS) is 21.7. The highest BCUT2D eigenvalue weighted by molar-refractivity contribution is 5.79. The van der Waals surface area contributed by atoms with Gasteiger partial charge in [0, 0.05) is 31.5 Å². The molecule has 2 aliphatic rings. The third-order valence-electron chi connectivity index (χ3n) is 3.98. The average molecular weight is 293 g/mol. The van der Waals surface area contributed by atoms with Crippen LogP contribution in [-0.4, -0.2) is 34.9 Å². The summed E-state index contributed by atoms with van der Waals surface area (Å²) in [6.45, 7) is 1.11. The van der Waals surface area contributed by atoms with Gasteiger partial charge >= 0.3 is 5.69 Å². The highest BCUT2D eigenvalue weighted by Crippen LogP contribution is 2.33. The molecule has 1 atom stereocenters. The number of nitro benzene ring substituents is 1. The van der Waals surface area contributed by atoms with E-state index in [1.165, 1.54) is 12.1 Å². The summed E-state index contributed by atoms with van der Waals surface area (Å²) in [5, 5.41) is 13.8. The molecule has 3 rings (SSSR count). The lowest BCUT2D eigenvalue weighted by molar-refractivity contribution is -0.386. The van der Waals surface area contributed by atoms with E-state index in [1.807, 2.05) is 4.90 Å². The Hall–Kier alpha value is -2.18. The summed E-state index contributed by atoms with van der Waals surface area (Å²) in [4.78, 5) is 23.9. The number of nitrogens with one attached hydrogen (secondary N) is 1. The molecule has 21 heavy (non-hydrogen) atoms. The van der Waals surface area contributed by atoms with Crippen LogP contribution in [0.15, 0.2) is 18.2 Å². The quantitative estimate of drug-likeness (QED) is 0.666. The molecule has 0 bridgehead atoms. The zero-order chi connectivity index (χ0) is 15.0. The molecule has 1 aliphatic carbocycles. The van der Waals surface area contributed by atoms with Crippen LogP contribution in [0.4, 0.5) is 15.8 Å². The number of hydrogen-bond donors (Lipinski definition) is 1. The minimum absolute atomic E-state index is 0.112. The summed E-state index contributed by atoms with van der Waals surface area (Å²) in [7, 11) is 0. The second-order valence-electron chi connectivity index (χ2n) is 5.62. The maximum Gasteiger partial charge on any atom is 0.327 e. The smallest absolute Gasteiger partial charge is 0.327 e. The van der Waals surface area contributed by atoms with Crippen LogP contribution in [0.5, 0.6) is 0 Å². The summed E-state index contributed by atoms with van der Waals surface area (Å²) in [5.74, 6) is -0.592. The van der Waals surface area contributed by atoms with Crippen LogP contribution in [0.25, 0.3) is 0 Å². The number of halogens is 1. The molecule has 1 amide bonds. The maximum atomic E-state index is 13.5. The molecule has 0 spiro atoms. The Balaban J connectivity index is 1.64. The van der Waals surface area contributed by atoms with Gasteiger partial charge in [0.25, 0.3) is 0 Å². The fourth-order valence-electron chi connectivity index (χ4n) is 2.78. The number of amides is 1. The molecule has 1 saturated carbocycles. The first kappa shape index (κ1) is 13.8. The van der Waals surface area contributed by atoms with E-state index in [2.05, 4.69) is 5.32 Å². The number of anilines is 1. The maximum absolute atomic E-state index is 13.5. The van der Waals surface area contributed by atoms with Crippen molar-refractivity contribution >= 4 is 17.3 Å². The first-order valence-electron chi connectivity index (χ1n) is 7.02. The van der Waals surface area contributed by atoms with Gasteiger partial charge in [-0.05, 0) is 25.0 Å². The van der Waals surface area contributed by atoms with E-state index in [4.69, 9.17) is 0 Å². The number of carbonyl (C=O) groups excluding carboxylic acids is 1. The van der Waals surface area contributed by atoms with Gasteiger partial charge in [-0.3, -0.25) is 14.9 Å². The van der Waals surface area contributed by atoms with Gasteiger partial charge in [0.1, 0.15) is 5.69 Å². The number of benzene rings is 1. The molecule has 1 saturated heterocycles. The van der Waals surface area contributed by atoms with Gasteiger partial charge < -0.3 is 10.2 Å². The lowest BCUT2D eigenvalue weighted by Crippen LogP contribution is -2.28. The largest absolute Gasteiger partial charge is 0.379 e. The molecule has 1 aromatic rings. The van der Waals surface area contributed by atoms with Gasteiger partial charge in [-0.25, -0.2) is 0 Å². The predicted octanol–water partition coefficient (Wildman–Crippen LogP) is 2.16.